The molecule has 192 valence electrons. The number of carbonyl (C=O) groups excluding carboxylic acids is 1. The van der Waals surface area contributed by atoms with E-state index in [0.717, 1.165) is 38.3 Å². The number of hydrogen-bond acceptors (Lipinski definition) is 5. The van der Waals surface area contributed by atoms with Crippen LogP contribution in [0.2, 0.25) is 0 Å². The van der Waals surface area contributed by atoms with Gasteiger partial charge in [-0.2, -0.15) is 18.2 Å². The lowest BCUT2D eigenvalue weighted by Crippen LogP contribution is -2.47. The third-order valence-corrected chi connectivity index (χ3v) is 7.69. The van der Waals surface area contributed by atoms with E-state index in [2.05, 4.69) is 45.1 Å². The number of aliphatic imine (C=N–C) groups is 1. The Labute approximate surface area is 221 Å². The third kappa shape index (κ3) is 4.81. The number of piperazine rings is 1. The summed E-state index contributed by atoms with van der Waals surface area (Å²) in [5.41, 5.74) is 0.775. The van der Waals surface area contributed by atoms with Gasteiger partial charge in [0.15, 0.2) is 5.17 Å². The Morgan fingerprint density at radius 1 is 0.868 bits per heavy atom. The summed E-state index contributed by atoms with van der Waals surface area (Å²) in [4.78, 5) is 21.8. The van der Waals surface area contributed by atoms with Gasteiger partial charge in [0.1, 0.15) is 11.5 Å². The Kier molecular flexibility index (Phi) is 6.23. The van der Waals surface area contributed by atoms with Crippen molar-refractivity contribution in [2.75, 3.05) is 31.1 Å². The van der Waals surface area contributed by atoms with Crippen LogP contribution in [0.25, 0.3) is 28.2 Å². The maximum atomic E-state index is 13.1. The van der Waals surface area contributed by atoms with Crippen LogP contribution in [-0.4, -0.2) is 42.2 Å². The first-order chi connectivity index (χ1) is 18.3. The average Bonchev–Trinajstić information content (AvgIpc) is 3.55. The van der Waals surface area contributed by atoms with E-state index in [1.807, 2.05) is 12.1 Å². The minimum Gasteiger partial charge on any atom is -0.457 e. The zero-order chi connectivity index (χ0) is 26.3. The quantitative estimate of drug-likeness (QED) is 0.268. The van der Waals surface area contributed by atoms with Crippen LogP contribution in [0.1, 0.15) is 11.3 Å². The minimum atomic E-state index is -4.44. The number of thioether (sulfide) groups is 1. The van der Waals surface area contributed by atoms with Crippen LogP contribution < -0.4 is 4.90 Å². The smallest absolute Gasteiger partial charge is 0.416 e. The van der Waals surface area contributed by atoms with Crippen LogP contribution in [0.4, 0.5) is 18.9 Å². The molecule has 3 aromatic carbocycles. The Balaban J connectivity index is 1.12. The fourth-order valence-electron chi connectivity index (χ4n) is 4.72. The van der Waals surface area contributed by atoms with Crippen molar-refractivity contribution in [3.8, 4) is 11.3 Å². The van der Waals surface area contributed by atoms with E-state index in [0.29, 0.717) is 27.2 Å². The molecule has 4 aromatic rings. The Morgan fingerprint density at radius 3 is 2.42 bits per heavy atom. The summed E-state index contributed by atoms with van der Waals surface area (Å²) in [5, 5.41) is 3.08. The molecule has 0 N–H and O–H groups in total. The largest absolute Gasteiger partial charge is 0.457 e. The summed E-state index contributed by atoms with van der Waals surface area (Å²) in [6.45, 7) is 3.07. The molecule has 3 heterocycles. The van der Waals surface area contributed by atoms with E-state index in [1.165, 1.54) is 34.3 Å². The second kappa shape index (κ2) is 9.72. The number of rotatable bonds is 3. The molecule has 1 amide bonds. The van der Waals surface area contributed by atoms with Gasteiger partial charge >= 0.3 is 6.18 Å². The van der Waals surface area contributed by atoms with Crippen molar-refractivity contribution in [2.45, 2.75) is 6.18 Å². The van der Waals surface area contributed by atoms with E-state index in [-0.39, 0.29) is 5.91 Å². The van der Waals surface area contributed by atoms with Crippen LogP contribution in [0.5, 0.6) is 0 Å². The topological polar surface area (TPSA) is 49.1 Å². The normalized spacial score (nSPS) is 17.5. The standard InChI is InChI=1S/C29H22F3N3O2S/c30-29(31,32)21-8-3-7-20(17-21)25-12-11-22(37-25)18-26-27(36)33-28(38-26)35-15-13-34(14-16-35)24-10-4-6-19-5-1-2-9-23(19)24/h1-12,17-18H,13-16H2. The Bertz CT molecular complexity index is 1580. The number of carbonyl (C=O) groups is 1. The Morgan fingerprint density at radius 2 is 1.61 bits per heavy atom. The highest BCUT2D eigenvalue weighted by atomic mass is 32.2. The van der Waals surface area contributed by atoms with Gasteiger partial charge < -0.3 is 14.2 Å². The van der Waals surface area contributed by atoms with E-state index in [4.69, 9.17) is 4.42 Å². The predicted octanol–water partition coefficient (Wildman–Crippen LogP) is 6.91. The number of nitrogens with zero attached hydrogens (tertiary/aromatic N) is 3. The molecule has 1 fully saturated rings. The van der Waals surface area contributed by atoms with Gasteiger partial charge in [-0.05, 0) is 47.5 Å². The molecule has 0 radical (unpaired) electrons. The first-order valence-corrected chi connectivity index (χ1v) is 12.9. The SMILES string of the molecule is O=C1N=C(N2CCN(c3cccc4ccccc34)CC2)SC1=Cc1ccc(-c2cccc(C(F)(F)F)c2)o1. The Hall–Kier alpha value is -3.98. The van der Waals surface area contributed by atoms with Crippen molar-refractivity contribution in [2.24, 2.45) is 4.99 Å². The van der Waals surface area contributed by atoms with Gasteiger partial charge in [0, 0.05) is 48.9 Å². The summed E-state index contributed by atoms with van der Waals surface area (Å²) in [7, 11) is 0. The summed E-state index contributed by atoms with van der Waals surface area (Å²) < 4.78 is 44.9. The summed E-state index contributed by atoms with van der Waals surface area (Å²) >= 11 is 1.29. The number of furan rings is 1. The minimum absolute atomic E-state index is 0.295. The molecule has 2 aliphatic heterocycles. The molecule has 38 heavy (non-hydrogen) atoms. The van der Waals surface area contributed by atoms with Gasteiger partial charge in [0.2, 0.25) is 0 Å². The van der Waals surface area contributed by atoms with E-state index in [9.17, 15) is 18.0 Å². The van der Waals surface area contributed by atoms with E-state index >= 15 is 0 Å². The fourth-order valence-corrected chi connectivity index (χ4v) is 5.66. The van der Waals surface area contributed by atoms with Crippen LogP contribution in [-0.2, 0) is 11.0 Å². The molecular weight excluding hydrogens is 511 g/mol. The van der Waals surface area contributed by atoms with Gasteiger partial charge in [-0.3, -0.25) is 4.79 Å². The molecule has 0 bridgehead atoms. The highest BCUT2D eigenvalue weighted by molar-refractivity contribution is 8.18. The number of amides is 1. The number of benzene rings is 3. The molecule has 0 unspecified atom stereocenters. The lowest BCUT2D eigenvalue weighted by Gasteiger charge is -2.37. The first-order valence-electron chi connectivity index (χ1n) is 12.1. The molecule has 0 atom stereocenters. The number of fused-ring (bicyclic) bond motifs is 1. The number of halogens is 3. The monoisotopic (exact) mass is 533 g/mol. The number of alkyl halides is 3. The van der Waals surface area contributed by atoms with E-state index < -0.39 is 11.7 Å². The van der Waals surface area contributed by atoms with Crippen LogP contribution in [0.15, 0.2) is 93.2 Å². The van der Waals surface area contributed by atoms with Crippen molar-refractivity contribution in [3.05, 3.63) is 95.1 Å². The highest BCUT2D eigenvalue weighted by Gasteiger charge is 2.31. The van der Waals surface area contributed by atoms with Gasteiger partial charge in [-0.1, -0.05) is 48.5 Å². The average molecular weight is 534 g/mol. The highest BCUT2D eigenvalue weighted by Crippen LogP contribution is 2.35. The lowest BCUT2D eigenvalue weighted by molar-refractivity contribution is -0.137. The molecular formula is C29H22F3N3O2S. The lowest BCUT2D eigenvalue weighted by atomic mass is 10.1. The zero-order valence-corrected chi connectivity index (χ0v) is 20.9. The van der Waals surface area contributed by atoms with E-state index in [1.54, 1.807) is 24.3 Å². The first kappa shape index (κ1) is 24.4. The molecule has 0 aliphatic carbocycles. The zero-order valence-electron chi connectivity index (χ0n) is 20.1. The second-order valence-corrected chi connectivity index (χ2v) is 10.1. The molecule has 5 nitrogen and oxygen atoms in total. The predicted molar refractivity (Wildman–Crippen MR) is 145 cm³/mol. The molecule has 0 saturated carbocycles. The number of anilines is 1. The molecule has 9 heteroatoms. The van der Waals surface area contributed by atoms with Gasteiger partial charge in [-0.15, -0.1) is 0 Å². The van der Waals surface area contributed by atoms with Crippen LogP contribution >= 0.6 is 11.8 Å². The second-order valence-electron chi connectivity index (χ2n) is 9.06. The van der Waals surface area contributed by atoms with Crippen LogP contribution in [0, 0.1) is 0 Å². The summed E-state index contributed by atoms with van der Waals surface area (Å²) in [5.74, 6) is 0.327. The molecule has 1 aromatic heterocycles. The van der Waals surface area contributed by atoms with Crippen molar-refractivity contribution < 1.29 is 22.4 Å². The van der Waals surface area contributed by atoms with Crippen molar-refractivity contribution in [1.29, 1.82) is 0 Å². The van der Waals surface area contributed by atoms with Crippen molar-refractivity contribution in [1.82, 2.24) is 4.90 Å². The van der Waals surface area contributed by atoms with Gasteiger partial charge in [-0.25, -0.2) is 0 Å². The van der Waals surface area contributed by atoms with Gasteiger partial charge in [0.05, 0.1) is 10.5 Å². The summed E-state index contributed by atoms with van der Waals surface area (Å²) in [6.07, 6.45) is -2.85. The molecule has 1 saturated heterocycles. The molecule has 6 rings (SSSR count). The molecule has 2 aliphatic rings. The van der Waals surface area contributed by atoms with Crippen molar-refractivity contribution in [3.63, 3.8) is 0 Å². The molecule has 0 spiro atoms. The fraction of sp³-hybridized carbons (Fsp3) is 0.172. The van der Waals surface area contributed by atoms with Gasteiger partial charge in [0.25, 0.3) is 5.91 Å². The summed E-state index contributed by atoms with van der Waals surface area (Å²) in [6, 6.07) is 22.9. The van der Waals surface area contributed by atoms with Crippen LogP contribution in [0.3, 0.4) is 0 Å². The van der Waals surface area contributed by atoms with Crippen molar-refractivity contribution >= 4 is 45.4 Å². The number of amidine groups is 1. The number of hydrogen-bond donors (Lipinski definition) is 0. The maximum Gasteiger partial charge on any atom is 0.416 e. The third-order valence-electron chi connectivity index (χ3n) is 6.64. The maximum absolute atomic E-state index is 13.1.